The van der Waals surface area contributed by atoms with Crippen molar-refractivity contribution in [3.8, 4) is 0 Å². The normalized spacial score (nSPS) is 12.1. The number of thioether (sulfide) groups is 1. The number of aromatic nitrogens is 2. The number of anilines is 1. The molecular formula is C19H27N3OS2. The van der Waals surface area contributed by atoms with Crippen molar-refractivity contribution < 1.29 is 4.79 Å². The number of aryl methyl sites for hydroxylation is 1. The second-order valence-electron chi connectivity index (χ2n) is 6.05. The van der Waals surface area contributed by atoms with Crippen LogP contribution in [-0.2, 0) is 11.2 Å². The largest absolute Gasteiger partial charge is 0.300 e. The third-order valence-electron chi connectivity index (χ3n) is 4.08. The molecule has 1 N–H and O–H groups in total. The number of nitrogens with zero attached hydrogens (tertiary/aromatic N) is 2. The van der Waals surface area contributed by atoms with Crippen molar-refractivity contribution in [2.75, 3.05) is 11.1 Å². The topological polar surface area (TPSA) is 54.9 Å². The summed E-state index contributed by atoms with van der Waals surface area (Å²) in [5, 5.41) is 11.8. The molecule has 0 radical (unpaired) electrons. The first-order valence-corrected chi connectivity index (χ1v) is 10.8. The summed E-state index contributed by atoms with van der Waals surface area (Å²) in [6, 6.07) is 10.5. The minimum Gasteiger partial charge on any atom is -0.300 e. The SMILES string of the molecule is CCCCC(CC)C(=O)Nc1nnc(SCCCc2ccccc2)s1. The summed E-state index contributed by atoms with van der Waals surface area (Å²) in [5.41, 5.74) is 1.37. The lowest BCUT2D eigenvalue weighted by Gasteiger charge is -2.12. The molecule has 1 atom stereocenters. The highest BCUT2D eigenvalue weighted by molar-refractivity contribution is 8.01. The molecule has 1 unspecified atom stereocenters. The maximum absolute atomic E-state index is 12.3. The Morgan fingerprint density at radius 1 is 1.20 bits per heavy atom. The van der Waals surface area contributed by atoms with Gasteiger partial charge in [-0.2, -0.15) is 0 Å². The Kier molecular flexibility index (Phi) is 8.97. The number of rotatable bonds is 11. The monoisotopic (exact) mass is 377 g/mol. The summed E-state index contributed by atoms with van der Waals surface area (Å²) in [4.78, 5) is 12.3. The Labute approximate surface area is 158 Å². The summed E-state index contributed by atoms with van der Waals surface area (Å²) in [7, 11) is 0. The molecule has 2 rings (SSSR count). The molecule has 2 aromatic rings. The van der Waals surface area contributed by atoms with Crippen molar-refractivity contribution in [2.24, 2.45) is 5.92 Å². The molecule has 1 aromatic heterocycles. The molecule has 1 amide bonds. The van der Waals surface area contributed by atoms with E-state index in [1.807, 2.05) is 6.07 Å². The highest BCUT2D eigenvalue weighted by Gasteiger charge is 2.17. The number of carbonyl (C=O) groups excluding carboxylic acids is 1. The molecule has 1 aromatic carbocycles. The van der Waals surface area contributed by atoms with E-state index in [0.29, 0.717) is 5.13 Å². The van der Waals surface area contributed by atoms with Gasteiger partial charge in [0.2, 0.25) is 11.0 Å². The van der Waals surface area contributed by atoms with Crippen molar-refractivity contribution >= 4 is 34.1 Å². The lowest BCUT2D eigenvalue weighted by atomic mass is 9.99. The van der Waals surface area contributed by atoms with E-state index >= 15 is 0 Å². The number of nitrogens with one attached hydrogen (secondary N) is 1. The first kappa shape index (κ1) is 19.9. The van der Waals surface area contributed by atoms with Crippen LogP contribution in [0.15, 0.2) is 34.7 Å². The minimum atomic E-state index is 0.0748. The van der Waals surface area contributed by atoms with Crippen molar-refractivity contribution in [2.45, 2.75) is 56.7 Å². The van der Waals surface area contributed by atoms with E-state index in [2.05, 4.69) is 53.6 Å². The van der Waals surface area contributed by atoms with Gasteiger partial charge in [0.1, 0.15) is 0 Å². The second-order valence-corrected chi connectivity index (χ2v) is 8.37. The fraction of sp³-hybridized carbons (Fsp3) is 0.526. The fourth-order valence-electron chi connectivity index (χ4n) is 2.58. The van der Waals surface area contributed by atoms with E-state index in [4.69, 9.17) is 0 Å². The Balaban J connectivity index is 1.73. The first-order valence-electron chi connectivity index (χ1n) is 9.04. The Morgan fingerprint density at radius 3 is 2.72 bits per heavy atom. The van der Waals surface area contributed by atoms with Gasteiger partial charge in [-0.05, 0) is 31.2 Å². The summed E-state index contributed by atoms with van der Waals surface area (Å²) in [6.07, 6.45) is 6.19. The molecule has 1 heterocycles. The van der Waals surface area contributed by atoms with Crippen molar-refractivity contribution in [1.82, 2.24) is 10.2 Å². The molecule has 0 spiro atoms. The smallest absolute Gasteiger partial charge is 0.229 e. The molecule has 136 valence electrons. The molecule has 25 heavy (non-hydrogen) atoms. The van der Waals surface area contributed by atoms with E-state index in [0.717, 1.165) is 48.6 Å². The molecule has 0 aliphatic carbocycles. The quantitative estimate of drug-likeness (QED) is 0.323. The van der Waals surface area contributed by atoms with E-state index < -0.39 is 0 Å². The lowest BCUT2D eigenvalue weighted by Crippen LogP contribution is -2.22. The highest BCUT2D eigenvalue weighted by Crippen LogP contribution is 2.27. The van der Waals surface area contributed by atoms with Gasteiger partial charge in [-0.15, -0.1) is 10.2 Å². The minimum absolute atomic E-state index is 0.0748. The predicted octanol–water partition coefficient (Wildman–Crippen LogP) is 5.42. The number of benzene rings is 1. The van der Waals surface area contributed by atoms with Crippen LogP contribution in [0.5, 0.6) is 0 Å². The maximum Gasteiger partial charge on any atom is 0.229 e. The molecule has 0 aliphatic rings. The second kappa shape index (κ2) is 11.3. The average molecular weight is 378 g/mol. The van der Waals surface area contributed by atoms with Crippen LogP contribution in [0.1, 0.15) is 51.5 Å². The van der Waals surface area contributed by atoms with Gasteiger partial charge < -0.3 is 5.32 Å². The summed E-state index contributed by atoms with van der Waals surface area (Å²) in [6.45, 7) is 4.21. The van der Waals surface area contributed by atoms with E-state index in [9.17, 15) is 4.79 Å². The van der Waals surface area contributed by atoms with Gasteiger partial charge in [0.25, 0.3) is 0 Å². The van der Waals surface area contributed by atoms with Crippen LogP contribution in [-0.4, -0.2) is 21.9 Å². The van der Waals surface area contributed by atoms with Crippen LogP contribution in [0.2, 0.25) is 0 Å². The van der Waals surface area contributed by atoms with Gasteiger partial charge in [-0.3, -0.25) is 4.79 Å². The number of hydrogen-bond acceptors (Lipinski definition) is 5. The molecule has 6 heteroatoms. The van der Waals surface area contributed by atoms with Crippen molar-refractivity contribution in [3.63, 3.8) is 0 Å². The number of unbranched alkanes of at least 4 members (excludes halogenated alkanes) is 1. The molecule has 0 bridgehead atoms. The number of amides is 1. The predicted molar refractivity (Wildman–Crippen MR) is 107 cm³/mol. The summed E-state index contributed by atoms with van der Waals surface area (Å²) in [5.74, 6) is 1.16. The molecular weight excluding hydrogens is 350 g/mol. The average Bonchev–Trinajstić information content (AvgIpc) is 3.07. The standard InChI is InChI=1S/C19H27N3OS2/c1-3-5-13-16(4-2)17(23)20-18-21-22-19(25-18)24-14-9-12-15-10-7-6-8-11-15/h6-8,10-11,16H,3-5,9,12-14H2,1-2H3,(H,20,21,23). The summed E-state index contributed by atoms with van der Waals surface area (Å²) >= 11 is 3.18. The van der Waals surface area contributed by atoms with Crippen LogP contribution in [0, 0.1) is 5.92 Å². The zero-order valence-electron chi connectivity index (χ0n) is 15.0. The van der Waals surface area contributed by atoms with Gasteiger partial charge in [0.05, 0.1) is 0 Å². The highest BCUT2D eigenvalue weighted by atomic mass is 32.2. The van der Waals surface area contributed by atoms with Crippen LogP contribution in [0.3, 0.4) is 0 Å². The molecule has 4 nitrogen and oxygen atoms in total. The lowest BCUT2D eigenvalue weighted by molar-refractivity contribution is -0.120. The number of hydrogen-bond donors (Lipinski definition) is 1. The van der Waals surface area contributed by atoms with Crippen LogP contribution < -0.4 is 5.32 Å². The Morgan fingerprint density at radius 2 is 2.00 bits per heavy atom. The third-order valence-corrected chi connectivity index (χ3v) is 6.14. The Bertz CT molecular complexity index is 631. The zero-order chi connectivity index (χ0) is 17.9. The summed E-state index contributed by atoms with van der Waals surface area (Å²) < 4.78 is 0.921. The third kappa shape index (κ3) is 7.16. The Hall–Kier alpha value is -1.40. The van der Waals surface area contributed by atoms with Crippen LogP contribution in [0.4, 0.5) is 5.13 Å². The van der Waals surface area contributed by atoms with E-state index in [-0.39, 0.29) is 11.8 Å². The van der Waals surface area contributed by atoms with Gasteiger partial charge in [0.15, 0.2) is 4.34 Å². The molecule has 0 fully saturated rings. The molecule has 0 aliphatic heterocycles. The first-order chi connectivity index (χ1) is 12.2. The molecule has 0 saturated carbocycles. The van der Waals surface area contributed by atoms with Crippen molar-refractivity contribution in [1.29, 1.82) is 0 Å². The number of carbonyl (C=O) groups is 1. The van der Waals surface area contributed by atoms with Gasteiger partial charge >= 0.3 is 0 Å². The van der Waals surface area contributed by atoms with Gasteiger partial charge in [-0.25, -0.2) is 0 Å². The van der Waals surface area contributed by atoms with Gasteiger partial charge in [0, 0.05) is 11.7 Å². The fourth-order valence-corrected chi connectivity index (χ4v) is 4.34. The van der Waals surface area contributed by atoms with Crippen LogP contribution in [0.25, 0.3) is 0 Å². The maximum atomic E-state index is 12.3. The van der Waals surface area contributed by atoms with Crippen LogP contribution >= 0.6 is 23.1 Å². The van der Waals surface area contributed by atoms with E-state index in [1.54, 1.807) is 11.8 Å². The molecule has 0 saturated heterocycles. The van der Waals surface area contributed by atoms with E-state index in [1.165, 1.54) is 16.9 Å². The van der Waals surface area contributed by atoms with Crippen molar-refractivity contribution in [3.05, 3.63) is 35.9 Å². The van der Waals surface area contributed by atoms with Gasteiger partial charge in [-0.1, -0.05) is 80.1 Å². The zero-order valence-corrected chi connectivity index (χ0v) is 16.7.